The van der Waals surface area contributed by atoms with Gasteiger partial charge in [-0.25, -0.2) is 0 Å². The summed E-state index contributed by atoms with van der Waals surface area (Å²) in [6.45, 7) is 12.3. The third-order valence-corrected chi connectivity index (χ3v) is 10.8. The van der Waals surface area contributed by atoms with Crippen molar-refractivity contribution in [1.29, 1.82) is 0 Å². The number of rotatable bonds is 5. The topological polar surface area (TPSA) is 20.2 Å². The Balaban J connectivity index is 1.48. The molecule has 0 spiro atoms. The van der Waals surface area contributed by atoms with Gasteiger partial charge in [0.1, 0.15) is 0 Å². The Kier molecular flexibility index (Phi) is 6.22. The van der Waals surface area contributed by atoms with Gasteiger partial charge in [0.2, 0.25) is 0 Å². The minimum Gasteiger partial charge on any atom is -0.393 e. The summed E-state index contributed by atoms with van der Waals surface area (Å²) in [6.07, 6.45) is 20.9. The average molecular weight is 411 g/mol. The zero-order valence-corrected chi connectivity index (χ0v) is 20.3. The number of terminal acetylenes is 1. The number of hydrogen-bond donors (Lipinski definition) is 1. The molecule has 0 saturated heterocycles. The molecule has 4 aliphatic carbocycles. The highest BCUT2D eigenvalue weighted by molar-refractivity contribution is 5.25. The number of aliphatic hydroxyl groups excluding tert-OH is 1. The van der Waals surface area contributed by atoms with Crippen LogP contribution in [0.3, 0.4) is 0 Å². The lowest BCUT2D eigenvalue weighted by atomic mass is 9.47. The number of aliphatic hydroxyl groups is 1. The Morgan fingerprint density at radius 3 is 2.53 bits per heavy atom. The van der Waals surface area contributed by atoms with Crippen molar-refractivity contribution < 1.29 is 5.11 Å². The van der Waals surface area contributed by atoms with Crippen molar-refractivity contribution in [2.24, 2.45) is 52.3 Å². The largest absolute Gasteiger partial charge is 0.393 e. The van der Waals surface area contributed by atoms with E-state index in [0.29, 0.717) is 22.7 Å². The van der Waals surface area contributed by atoms with E-state index in [0.717, 1.165) is 42.4 Å². The third-order valence-electron chi connectivity index (χ3n) is 10.8. The van der Waals surface area contributed by atoms with E-state index in [1.807, 2.05) is 0 Å². The fourth-order valence-electron chi connectivity index (χ4n) is 8.87. The van der Waals surface area contributed by atoms with E-state index in [4.69, 9.17) is 6.42 Å². The molecule has 3 fully saturated rings. The van der Waals surface area contributed by atoms with E-state index < -0.39 is 0 Å². The number of hydrogen-bond acceptors (Lipinski definition) is 1. The Morgan fingerprint density at radius 1 is 1.07 bits per heavy atom. The van der Waals surface area contributed by atoms with E-state index >= 15 is 0 Å². The van der Waals surface area contributed by atoms with Crippen molar-refractivity contribution in [3.05, 3.63) is 11.6 Å². The van der Waals surface area contributed by atoms with Gasteiger partial charge in [0.25, 0.3) is 0 Å². The molecule has 0 aromatic carbocycles. The van der Waals surface area contributed by atoms with Gasteiger partial charge in [-0.3, -0.25) is 0 Å². The fraction of sp³-hybridized carbons (Fsp3) is 0.862. The summed E-state index contributed by atoms with van der Waals surface area (Å²) >= 11 is 0. The van der Waals surface area contributed by atoms with Gasteiger partial charge in [-0.15, -0.1) is 12.3 Å². The van der Waals surface area contributed by atoms with Crippen molar-refractivity contribution >= 4 is 0 Å². The third kappa shape index (κ3) is 3.60. The van der Waals surface area contributed by atoms with Gasteiger partial charge in [-0.1, -0.05) is 46.3 Å². The molecule has 168 valence electrons. The lowest BCUT2D eigenvalue weighted by Gasteiger charge is -2.58. The van der Waals surface area contributed by atoms with Crippen molar-refractivity contribution in [2.45, 2.75) is 105 Å². The van der Waals surface area contributed by atoms with E-state index in [1.165, 1.54) is 51.4 Å². The molecule has 0 aromatic heterocycles. The van der Waals surface area contributed by atoms with Crippen LogP contribution in [0.4, 0.5) is 0 Å². The molecule has 9 atom stereocenters. The summed E-state index contributed by atoms with van der Waals surface area (Å²) in [4.78, 5) is 0. The lowest BCUT2D eigenvalue weighted by molar-refractivity contribution is -0.0574. The highest BCUT2D eigenvalue weighted by Crippen LogP contribution is 2.67. The maximum absolute atomic E-state index is 10.2. The molecule has 0 amide bonds. The Labute approximate surface area is 186 Å². The molecule has 1 nitrogen and oxygen atoms in total. The smallest absolute Gasteiger partial charge is 0.0577 e. The molecule has 4 rings (SSSR count). The predicted molar refractivity (Wildman–Crippen MR) is 127 cm³/mol. The average Bonchev–Trinajstić information content (AvgIpc) is 3.06. The van der Waals surface area contributed by atoms with Crippen LogP contribution in [0.2, 0.25) is 0 Å². The molecule has 0 aromatic rings. The lowest BCUT2D eigenvalue weighted by Crippen LogP contribution is -2.50. The van der Waals surface area contributed by atoms with Crippen LogP contribution in [-0.4, -0.2) is 11.2 Å². The van der Waals surface area contributed by atoms with E-state index in [-0.39, 0.29) is 6.10 Å². The zero-order chi connectivity index (χ0) is 21.7. The highest BCUT2D eigenvalue weighted by Gasteiger charge is 2.59. The molecule has 1 N–H and O–H groups in total. The first-order valence-electron chi connectivity index (χ1n) is 13.0. The summed E-state index contributed by atoms with van der Waals surface area (Å²) in [6, 6.07) is 0. The quantitative estimate of drug-likeness (QED) is 0.374. The second-order valence-electron chi connectivity index (χ2n) is 12.5. The van der Waals surface area contributed by atoms with Crippen molar-refractivity contribution in [2.75, 3.05) is 0 Å². The van der Waals surface area contributed by atoms with Gasteiger partial charge < -0.3 is 5.11 Å². The first-order valence-corrected chi connectivity index (χ1v) is 13.0. The Bertz CT molecular complexity index is 698. The van der Waals surface area contributed by atoms with Crippen LogP contribution in [0.25, 0.3) is 0 Å². The van der Waals surface area contributed by atoms with Crippen molar-refractivity contribution in [3.63, 3.8) is 0 Å². The normalized spacial score (nSPS) is 45.0. The molecule has 30 heavy (non-hydrogen) atoms. The van der Waals surface area contributed by atoms with Crippen LogP contribution in [-0.2, 0) is 0 Å². The first kappa shape index (κ1) is 22.5. The Hall–Kier alpha value is -0.740. The first-order chi connectivity index (χ1) is 14.2. The van der Waals surface area contributed by atoms with Gasteiger partial charge in [0.15, 0.2) is 0 Å². The van der Waals surface area contributed by atoms with Crippen LogP contribution < -0.4 is 0 Å². The Morgan fingerprint density at radius 2 is 1.83 bits per heavy atom. The molecular formula is C29H46O. The molecule has 9 unspecified atom stereocenters. The maximum atomic E-state index is 10.2. The molecule has 3 saturated carbocycles. The van der Waals surface area contributed by atoms with Gasteiger partial charge in [-0.2, -0.15) is 0 Å². The molecule has 1 heteroatoms. The van der Waals surface area contributed by atoms with E-state index in [1.54, 1.807) is 5.57 Å². The highest BCUT2D eigenvalue weighted by atomic mass is 16.3. The van der Waals surface area contributed by atoms with Crippen molar-refractivity contribution in [3.8, 4) is 12.3 Å². The monoisotopic (exact) mass is 410 g/mol. The zero-order valence-electron chi connectivity index (χ0n) is 20.3. The minimum absolute atomic E-state index is 0.0934. The molecule has 0 heterocycles. The van der Waals surface area contributed by atoms with Crippen molar-refractivity contribution in [1.82, 2.24) is 0 Å². The summed E-state index contributed by atoms with van der Waals surface area (Å²) in [5.41, 5.74) is 2.49. The number of allylic oxidation sites excluding steroid dienone is 1. The van der Waals surface area contributed by atoms with E-state index in [2.05, 4.69) is 46.6 Å². The van der Waals surface area contributed by atoms with Crippen LogP contribution in [0.5, 0.6) is 0 Å². The predicted octanol–water partition coefficient (Wildman–Crippen LogP) is 7.25. The molecule has 0 radical (unpaired) electrons. The summed E-state index contributed by atoms with van der Waals surface area (Å²) in [7, 11) is 0. The van der Waals surface area contributed by atoms with Crippen LogP contribution in [0.15, 0.2) is 11.6 Å². The second kappa shape index (κ2) is 8.31. The second-order valence-corrected chi connectivity index (χ2v) is 12.5. The fourth-order valence-corrected chi connectivity index (χ4v) is 8.87. The molecule has 0 bridgehead atoms. The van der Waals surface area contributed by atoms with Gasteiger partial charge in [0, 0.05) is 5.92 Å². The van der Waals surface area contributed by atoms with Crippen LogP contribution in [0, 0.1) is 64.6 Å². The molecular weight excluding hydrogens is 364 g/mol. The summed E-state index contributed by atoms with van der Waals surface area (Å²) < 4.78 is 0. The van der Waals surface area contributed by atoms with Crippen LogP contribution in [0.1, 0.15) is 98.8 Å². The van der Waals surface area contributed by atoms with Gasteiger partial charge >= 0.3 is 0 Å². The number of fused-ring (bicyclic) bond motifs is 5. The molecule has 0 aliphatic heterocycles. The standard InChI is InChI=1S/C29H46O/c1-7-21(19(2)3)9-8-20(4)25-12-13-26-24-11-10-22-18-23(30)14-16-28(22,5)27(24)15-17-29(25,26)6/h1,10,19-21,23-27,30H,8-9,11-18H2,2-6H3. The van der Waals surface area contributed by atoms with Gasteiger partial charge in [-0.05, 0) is 111 Å². The summed E-state index contributed by atoms with van der Waals surface area (Å²) in [5, 5.41) is 10.2. The van der Waals surface area contributed by atoms with Gasteiger partial charge in [0.05, 0.1) is 6.10 Å². The minimum atomic E-state index is -0.0934. The SMILES string of the molecule is C#CC(CCC(C)C1CCC2C3CC=C4CC(O)CCC4(C)C3CCC12C)C(C)C. The van der Waals surface area contributed by atoms with Crippen LogP contribution >= 0.6 is 0 Å². The maximum Gasteiger partial charge on any atom is 0.0577 e. The summed E-state index contributed by atoms with van der Waals surface area (Å²) in [5.74, 6) is 8.40. The molecule has 4 aliphatic rings. The van der Waals surface area contributed by atoms with E-state index in [9.17, 15) is 5.11 Å².